The van der Waals surface area contributed by atoms with E-state index in [1.165, 1.54) is 5.56 Å². The summed E-state index contributed by atoms with van der Waals surface area (Å²) < 4.78 is 0. The van der Waals surface area contributed by atoms with E-state index >= 15 is 0 Å². The molecule has 0 bridgehead atoms. The number of hydrogen-bond acceptors (Lipinski definition) is 2. The highest BCUT2D eigenvalue weighted by Gasteiger charge is 2.07. The molecule has 0 aromatic heterocycles. The number of anilines is 2. The van der Waals surface area contributed by atoms with Gasteiger partial charge < -0.3 is 10.4 Å². The van der Waals surface area contributed by atoms with Gasteiger partial charge in [0.15, 0.2) is 0 Å². The molecule has 0 saturated heterocycles. The van der Waals surface area contributed by atoms with Crippen molar-refractivity contribution in [2.24, 2.45) is 0 Å². The zero-order chi connectivity index (χ0) is 19.9. The second-order valence-electron chi connectivity index (χ2n) is 6.90. The van der Waals surface area contributed by atoms with Crippen LogP contribution >= 0.6 is 0 Å². The van der Waals surface area contributed by atoms with Crippen LogP contribution in [0.25, 0.3) is 23.3 Å². The van der Waals surface area contributed by atoms with Crippen molar-refractivity contribution < 1.29 is 5.11 Å². The number of benzene rings is 4. The second-order valence-corrected chi connectivity index (χ2v) is 6.90. The Labute approximate surface area is 171 Å². The fraction of sp³-hybridized carbons (Fsp3) is 0.0370. The Bertz CT molecular complexity index is 1080. The summed E-state index contributed by atoms with van der Waals surface area (Å²) in [4.78, 5) is 0. The van der Waals surface area contributed by atoms with Crippen LogP contribution in [0.15, 0.2) is 103 Å². The van der Waals surface area contributed by atoms with Crippen LogP contribution in [0.5, 0.6) is 0 Å². The monoisotopic (exact) mass is 377 g/mol. The first-order valence-electron chi connectivity index (χ1n) is 9.71. The van der Waals surface area contributed by atoms with Gasteiger partial charge in [-0.1, -0.05) is 91.0 Å². The van der Waals surface area contributed by atoms with Crippen molar-refractivity contribution in [1.82, 2.24) is 0 Å². The highest BCUT2D eigenvalue weighted by atomic mass is 16.3. The molecule has 0 radical (unpaired) electrons. The molecule has 29 heavy (non-hydrogen) atoms. The smallest absolute Gasteiger partial charge is 0.0681 e. The topological polar surface area (TPSA) is 32.3 Å². The molecule has 142 valence electrons. The zero-order valence-corrected chi connectivity index (χ0v) is 16.1. The van der Waals surface area contributed by atoms with Crippen molar-refractivity contribution >= 4 is 23.5 Å². The summed E-state index contributed by atoms with van der Waals surface area (Å²) in [5.74, 6) is 0. The Morgan fingerprint density at radius 1 is 0.655 bits per heavy atom. The van der Waals surface area contributed by atoms with E-state index < -0.39 is 0 Å². The van der Waals surface area contributed by atoms with Gasteiger partial charge in [-0.05, 0) is 46.5 Å². The van der Waals surface area contributed by atoms with Crippen LogP contribution in [0.1, 0.15) is 16.7 Å². The summed E-state index contributed by atoms with van der Waals surface area (Å²) >= 11 is 0. The Kier molecular flexibility index (Phi) is 5.84. The Morgan fingerprint density at radius 3 is 2.00 bits per heavy atom. The molecule has 0 fully saturated rings. The average molecular weight is 377 g/mol. The first-order chi connectivity index (χ1) is 14.3. The molecule has 0 spiro atoms. The minimum absolute atomic E-state index is 0.0536. The lowest BCUT2D eigenvalue weighted by Crippen LogP contribution is -1.94. The van der Waals surface area contributed by atoms with Gasteiger partial charge in [0.2, 0.25) is 0 Å². The summed E-state index contributed by atoms with van der Waals surface area (Å²) in [6.45, 7) is 0.0536. The van der Waals surface area contributed by atoms with Gasteiger partial charge in [0.25, 0.3) is 0 Å². The predicted octanol–water partition coefficient (Wildman–Crippen LogP) is 6.76. The molecule has 0 aliphatic heterocycles. The first-order valence-corrected chi connectivity index (χ1v) is 9.71. The molecule has 4 aromatic carbocycles. The third-order valence-corrected chi connectivity index (χ3v) is 4.81. The van der Waals surface area contributed by atoms with E-state index in [1.807, 2.05) is 48.5 Å². The average Bonchev–Trinajstić information content (AvgIpc) is 2.80. The maximum absolute atomic E-state index is 9.25. The second kappa shape index (κ2) is 9.05. The Morgan fingerprint density at radius 2 is 1.31 bits per heavy atom. The van der Waals surface area contributed by atoms with Crippen LogP contribution < -0.4 is 5.32 Å². The number of nitrogens with one attached hydrogen (secondary N) is 1. The van der Waals surface area contributed by atoms with Crippen LogP contribution in [0.4, 0.5) is 11.4 Å². The lowest BCUT2D eigenvalue weighted by atomic mass is 10.00. The van der Waals surface area contributed by atoms with E-state index in [1.54, 1.807) is 0 Å². The van der Waals surface area contributed by atoms with Crippen molar-refractivity contribution in [2.45, 2.75) is 6.61 Å². The molecule has 2 heteroatoms. The van der Waals surface area contributed by atoms with Gasteiger partial charge in [-0.3, -0.25) is 0 Å². The highest BCUT2D eigenvalue weighted by Crippen LogP contribution is 2.32. The summed E-state index contributed by atoms with van der Waals surface area (Å²) in [7, 11) is 0. The molecule has 0 heterocycles. The van der Waals surface area contributed by atoms with E-state index in [0.717, 1.165) is 33.6 Å². The van der Waals surface area contributed by atoms with Crippen molar-refractivity contribution in [3.05, 3.63) is 120 Å². The summed E-state index contributed by atoms with van der Waals surface area (Å²) in [5.41, 5.74) is 7.58. The van der Waals surface area contributed by atoms with Crippen molar-refractivity contribution in [2.75, 3.05) is 5.32 Å². The lowest BCUT2D eigenvalue weighted by molar-refractivity contribution is 0.282. The van der Waals surface area contributed by atoms with Crippen LogP contribution in [0.2, 0.25) is 0 Å². The van der Waals surface area contributed by atoms with Crippen LogP contribution in [0.3, 0.4) is 0 Å². The number of rotatable bonds is 6. The van der Waals surface area contributed by atoms with Gasteiger partial charge in [0.05, 0.1) is 6.61 Å². The molecular formula is C27H23NO. The van der Waals surface area contributed by atoms with Crippen LogP contribution in [0, 0.1) is 0 Å². The quantitative estimate of drug-likeness (QED) is 0.364. The van der Waals surface area contributed by atoms with Gasteiger partial charge in [-0.25, -0.2) is 0 Å². The number of hydrogen-bond donors (Lipinski definition) is 2. The van der Waals surface area contributed by atoms with Crippen LogP contribution in [-0.2, 0) is 6.61 Å². The largest absolute Gasteiger partial charge is 0.392 e. The van der Waals surface area contributed by atoms with Gasteiger partial charge in [-0.2, -0.15) is 0 Å². The first kappa shape index (κ1) is 18.7. The molecule has 4 rings (SSSR count). The SMILES string of the molecule is OCc1ccc(Nc2ccc(C=Cc3ccccc3)cc2-c2ccccc2)cc1. The summed E-state index contributed by atoms with van der Waals surface area (Å²) in [5, 5.41) is 12.8. The Balaban J connectivity index is 1.67. The summed E-state index contributed by atoms with van der Waals surface area (Å²) in [6.07, 6.45) is 4.27. The summed E-state index contributed by atoms with van der Waals surface area (Å²) in [6, 6.07) is 35.0. The third kappa shape index (κ3) is 4.81. The molecule has 0 aliphatic carbocycles. The van der Waals surface area contributed by atoms with E-state index in [9.17, 15) is 5.11 Å². The van der Waals surface area contributed by atoms with Gasteiger partial charge >= 0.3 is 0 Å². The molecule has 0 aliphatic rings. The fourth-order valence-electron chi connectivity index (χ4n) is 3.24. The Hall–Kier alpha value is -3.62. The predicted molar refractivity (Wildman–Crippen MR) is 123 cm³/mol. The third-order valence-electron chi connectivity index (χ3n) is 4.81. The maximum atomic E-state index is 9.25. The fourth-order valence-corrected chi connectivity index (χ4v) is 3.24. The molecule has 0 amide bonds. The molecule has 0 saturated carbocycles. The minimum atomic E-state index is 0.0536. The normalized spacial score (nSPS) is 10.9. The molecule has 2 nitrogen and oxygen atoms in total. The van der Waals surface area contributed by atoms with E-state index in [0.29, 0.717) is 0 Å². The van der Waals surface area contributed by atoms with Gasteiger partial charge in [0, 0.05) is 16.9 Å². The zero-order valence-electron chi connectivity index (χ0n) is 16.1. The van der Waals surface area contributed by atoms with E-state index in [2.05, 4.69) is 72.1 Å². The van der Waals surface area contributed by atoms with E-state index in [4.69, 9.17) is 0 Å². The van der Waals surface area contributed by atoms with Crippen molar-refractivity contribution in [3.63, 3.8) is 0 Å². The maximum Gasteiger partial charge on any atom is 0.0681 e. The van der Waals surface area contributed by atoms with Gasteiger partial charge in [0.1, 0.15) is 0 Å². The lowest BCUT2D eigenvalue weighted by Gasteiger charge is -2.14. The van der Waals surface area contributed by atoms with Crippen LogP contribution in [-0.4, -0.2) is 5.11 Å². The van der Waals surface area contributed by atoms with E-state index in [-0.39, 0.29) is 6.61 Å². The minimum Gasteiger partial charge on any atom is -0.392 e. The number of aliphatic hydroxyl groups is 1. The van der Waals surface area contributed by atoms with Crippen molar-refractivity contribution in [1.29, 1.82) is 0 Å². The molecule has 0 unspecified atom stereocenters. The molecule has 2 N–H and O–H groups in total. The molecule has 4 aromatic rings. The molecule has 0 atom stereocenters. The van der Waals surface area contributed by atoms with Crippen molar-refractivity contribution in [3.8, 4) is 11.1 Å². The van der Waals surface area contributed by atoms with Gasteiger partial charge in [-0.15, -0.1) is 0 Å². The standard InChI is InChI=1S/C27H23NO/c29-20-23-13-16-25(17-14-23)28-27-18-15-22(12-11-21-7-3-1-4-8-21)19-26(27)24-9-5-2-6-10-24/h1-19,28-29H,20H2. The molecular weight excluding hydrogens is 354 g/mol. The highest BCUT2D eigenvalue weighted by molar-refractivity contribution is 5.84. The number of aliphatic hydroxyl groups excluding tert-OH is 1.